The third-order valence-corrected chi connectivity index (χ3v) is 4.72. The number of aromatic nitrogens is 2. The lowest BCUT2D eigenvalue weighted by atomic mass is 10.0. The Morgan fingerprint density at radius 2 is 1.76 bits per heavy atom. The molecule has 138 valence electrons. The SMILES string of the molecule is Cc1nc2c(c(N3CCN(C)CC3)n1)CN(C(=O)NC(C)(C)C)CC2. The summed E-state index contributed by atoms with van der Waals surface area (Å²) < 4.78 is 0. The molecular formula is C18H30N6O. The Morgan fingerprint density at radius 3 is 2.40 bits per heavy atom. The number of nitrogens with zero attached hydrogens (tertiary/aromatic N) is 5. The number of amides is 2. The Bertz CT molecular complexity index is 646. The maximum absolute atomic E-state index is 12.6. The number of carbonyl (C=O) groups is 1. The van der Waals surface area contributed by atoms with Crippen molar-refractivity contribution in [2.45, 2.75) is 46.2 Å². The molecule has 2 aliphatic heterocycles. The molecule has 0 bridgehead atoms. The van der Waals surface area contributed by atoms with Gasteiger partial charge >= 0.3 is 6.03 Å². The molecule has 25 heavy (non-hydrogen) atoms. The van der Waals surface area contributed by atoms with E-state index in [-0.39, 0.29) is 11.6 Å². The molecule has 3 rings (SSSR count). The molecule has 1 aromatic heterocycles. The van der Waals surface area contributed by atoms with E-state index in [1.54, 1.807) is 0 Å². The van der Waals surface area contributed by atoms with Gasteiger partial charge in [-0.15, -0.1) is 0 Å². The minimum absolute atomic E-state index is 0.0111. The zero-order chi connectivity index (χ0) is 18.2. The molecule has 1 aromatic rings. The van der Waals surface area contributed by atoms with Crippen LogP contribution in [0.3, 0.4) is 0 Å². The standard InChI is InChI=1S/C18H30N6O/c1-13-19-15-6-7-24(17(25)21-18(2,3)4)12-14(15)16(20-13)23-10-8-22(5)9-11-23/h6-12H2,1-5H3,(H,21,25). The third kappa shape index (κ3) is 4.21. The molecule has 1 N–H and O–H groups in total. The Morgan fingerprint density at radius 1 is 1.08 bits per heavy atom. The first-order valence-corrected chi connectivity index (χ1v) is 9.10. The van der Waals surface area contributed by atoms with E-state index in [1.165, 1.54) is 0 Å². The van der Waals surface area contributed by atoms with Crippen molar-refractivity contribution in [2.24, 2.45) is 0 Å². The molecule has 7 nitrogen and oxygen atoms in total. The van der Waals surface area contributed by atoms with Crippen molar-refractivity contribution in [2.75, 3.05) is 44.7 Å². The number of rotatable bonds is 1. The van der Waals surface area contributed by atoms with Gasteiger partial charge in [-0.25, -0.2) is 14.8 Å². The predicted molar refractivity (Wildman–Crippen MR) is 98.9 cm³/mol. The van der Waals surface area contributed by atoms with Gasteiger partial charge < -0.3 is 20.0 Å². The number of likely N-dealkylation sites (N-methyl/N-ethyl adjacent to an activating group) is 1. The average molecular weight is 346 g/mol. The monoisotopic (exact) mass is 346 g/mol. The summed E-state index contributed by atoms with van der Waals surface area (Å²) in [6.07, 6.45) is 0.789. The van der Waals surface area contributed by atoms with Crippen molar-refractivity contribution in [3.63, 3.8) is 0 Å². The van der Waals surface area contributed by atoms with Crippen molar-refractivity contribution in [1.29, 1.82) is 0 Å². The Balaban J connectivity index is 1.84. The van der Waals surface area contributed by atoms with E-state index in [0.29, 0.717) is 13.1 Å². The van der Waals surface area contributed by atoms with Crippen LogP contribution >= 0.6 is 0 Å². The van der Waals surface area contributed by atoms with Gasteiger partial charge in [-0.05, 0) is 34.7 Å². The first-order chi connectivity index (χ1) is 11.7. The van der Waals surface area contributed by atoms with E-state index in [2.05, 4.69) is 27.1 Å². The van der Waals surface area contributed by atoms with Crippen LogP contribution in [0.5, 0.6) is 0 Å². The second kappa shape index (κ2) is 6.78. The smallest absolute Gasteiger partial charge is 0.318 e. The minimum Gasteiger partial charge on any atom is -0.354 e. The summed E-state index contributed by atoms with van der Waals surface area (Å²) in [6, 6.07) is -0.0111. The van der Waals surface area contributed by atoms with E-state index < -0.39 is 0 Å². The summed E-state index contributed by atoms with van der Waals surface area (Å²) in [6.45, 7) is 13.3. The fourth-order valence-electron chi connectivity index (χ4n) is 3.37. The number of piperazine rings is 1. The van der Waals surface area contributed by atoms with Gasteiger partial charge in [-0.1, -0.05) is 0 Å². The lowest BCUT2D eigenvalue weighted by molar-refractivity contribution is 0.182. The van der Waals surface area contributed by atoms with Crippen LogP contribution in [0.15, 0.2) is 0 Å². The maximum atomic E-state index is 12.6. The first-order valence-electron chi connectivity index (χ1n) is 9.10. The van der Waals surface area contributed by atoms with Crippen LogP contribution in [0.25, 0.3) is 0 Å². The molecule has 0 radical (unpaired) electrons. The van der Waals surface area contributed by atoms with E-state index in [4.69, 9.17) is 4.98 Å². The molecule has 0 spiro atoms. The Hall–Kier alpha value is -1.89. The highest BCUT2D eigenvalue weighted by molar-refractivity contribution is 5.75. The van der Waals surface area contributed by atoms with Crippen molar-refractivity contribution in [1.82, 2.24) is 25.1 Å². The van der Waals surface area contributed by atoms with Gasteiger partial charge in [0.25, 0.3) is 0 Å². The van der Waals surface area contributed by atoms with Crippen LogP contribution in [0.4, 0.5) is 10.6 Å². The number of nitrogens with one attached hydrogen (secondary N) is 1. The van der Waals surface area contributed by atoms with Gasteiger partial charge in [0, 0.05) is 50.2 Å². The van der Waals surface area contributed by atoms with Crippen LogP contribution in [-0.4, -0.2) is 71.1 Å². The van der Waals surface area contributed by atoms with Crippen molar-refractivity contribution in [3.8, 4) is 0 Å². The second-order valence-electron chi connectivity index (χ2n) is 8.16. The van der Waals surface area contributed by atoms with E-state index in [1.807, 2.05) is 32.6 Å². The molecule has 2 amide bonds. The molecule has 0 aromatic carbocycles. The number of aryl methyl sites for hydroxylation is 1. The Kier molecular flexibility index (Phi) is 4.86. The maximum Gasteiger partial charge on any atom is 0.318 e. The van der Waals surface area contributed by atoms with Gasteiger partial charge in [0.1, 0.15) is 11.6 Å². The molecule has 0 unspecified atom stereocenters. The van der Waals surface area contributed by atoms with E-state index in [0.717, 1.165) is 55.5 Å². The Labute approximate surface area is 150 Å². The van der Waals surface area contributed by atoms with Crippen LogP contribution < -0.4 is 10.2 Å². The van der Waals surface area contributed by atoms with Gasteiger partial charge in [0.15, 0.2) is 0 Å². The number of hydrogen-bond donors (Lipinski definition) is 1. The molecule has 1 saturated heterocycles. The van der Waals surface area contributed by atoms with E-state index in [9.17, 15) is 4.79 Å². The quantitative estimate of drug-likeness (QED) is 0.833. The summed E-state index contributed by atoms with van der Waals surface area (Å²) in [5.41, 5.74) is 1.98. The number of carbonyl (C=O) groups excluding carboxylic acids is 1. The van der Waals surface area contributed by atoms with Gasteiger partial charge in [0.05, 0.1) is 12.2 Å². The summed E-state index contributed by atoms with van der Waals surface area (Å²) in [5, 5.41) is 3.06. The summed E-state index contributed by atoms with van der Waals surface area (Å²) in [4.78, 5) is 28.5. The highest BCUT2D eigenvalue weighted by Gasteiger charge is 2.29. The fraction of sp³-hybridized carbons (Fsp3) is 0.722. The average Bonchev–Trinajstić information content (AvgIpc) is 2.53. The van der Waals surface area contributed by atoms with Crippen molar-refractivity contribution in [3.05, 3.63) is 17.1 Å². The molecule has 0 saturated carbocycles. The fourth-order valence-corrected chi connectivity index (χ4v) is 3.37. The highest BCUT2D eigenvalue weighted by Crippen LogP contribution is 2.27. The number of fused-ring (bicyclic) bond motifs is 1. The number of urea groups is 1. The molecule has 1 fully saturated rings. The summed E-state index contributed by atoms with van der Waals surface area (Å²) in [5.74, 6) is 1.84. The molecule has 7 heteroatoms. The molecule has 2 aliphatic rings. The lowest BCUT2D eigenvalue weighted by Gasteiger charge is -2.37. The van der Waals surface area contributed by atoms with E-state index >= 15 is 0 Å². The first kappa shape index (κ1) is 17.9. The highest BCUT2D eigenvalue weighted by atomic mass is 16.2. The molecule has 3 heterocycles. The normalized spacial score (nSPS) is 18.9. The number of hydrogen-bond acceptors (Lipinski definition) is 5. The predicted octanol–water partition coefficient (Wildman–Crippen LogP) is 1.40. The summed E-state index contributed by atoms with van der Waals surface area (Å²) in [7, 11) is 2.15. The van der Waals surface area contributed by atoms with Gasteiger partial charge in [0.2, 0.25) is 0 Å². The van der Waals surface area contributed by atoms with Crippen LogP contribution in [0.2, 0.25) is 0 Å². The van der Waals surface area contributed by atoms with Crippen LogP contribution in [0.1, 0.15) is 37.9 Å². The molecule has 0 atom stereocenters. The van der Waals surface area contributed by atoms with Crippen molar-refractivity contribution >= 4 is 11.8 Å². The lowest BCUT2D eigenvalue weighted by Crippen LogP contribution is -2.50. The summed E-state index contributed by atoms with van der Waals surface area (Å²) >= 11 is 0. The van der Waals surface area contributed by atoms with Gasteiger partial charge in [-0.3, -0.25) is 0 Å². The molecule has 0 aliphatic carbocycles. The van der Waals surface area contributed by atoms with Crippen LogP contribution in [-0.2, 0) is 13.0 Å². The molecular weight excluding hydrogens is 316 g/mol. The van der Waals surface area contributed by atoms with Crippen molar-refractivity contribution < 1.29 is 4.79 Å². The number of anilines is 1. The topological polar surface area (TPSA) is 64.6 Å². The zero-order valence-electron chi connectivity index (χ0n) is 16.1. The van der Waals surface area contributed by atoms with Crippen LogP contribution in [0, 0.1) is 6.92 Å². The largest absolute Gasteiger partial charge is 0.354 e. The van der Waals surface area contributed by atoms with Gasteiger partial charge in [-0.2, -0.15) is 0 Å². The second-order valence-corrected chi connectivity index (χ2v) is 8.16. The zero-order valence-corrected chi connectivity index (χ0v) is 16.1. The minimum atomic E-state index is -0.235. The third-order valence-electron chi connectivity index (χ3n) is 4.72.